The number of piperidine rings is 1. The molecule has 0 radical (unpaired) electrons. The molecule has 24 heavy (non-hydrogen) atoms. The first-order valence-electron chi connectivity index (χ1n) is 8.22. The highest BCUT2D eigenvalue weighted by Crippen LogP contribution is 2.28. The first-order valence-corrected chi connectivity index (χ1v) is 8.22. The van der Waals surface area contributed by atoms with Gasteiger partial charge in [-0.15, -0.1) is 0 Å². The van der Waals surface area contributed by atoms with Gasteiger partial charge in [-0.05, 0) is 37.0 Å². The van der Waals surface area contributed by atoms with E-state index < -0.39 is 0 Å². The highest BCUT2D eigenvalue weighted by molar-refractivity contribution is 5.95. The quantitative estimate of drug-likeness (QED) is 0.770. The zero-order valence-electron chi connectivity index (χ0n) is 14.2. The minimum atomic E-state index is -0.203. The first kappa shape index (κ1) is 18.1. The molecule has 1 atom stereocenters. The molecule has 3 N–H and O–H groups in total. The van der Waals surface area contributed by atoms with Crippen molar-refractivity contribution in [3.05, 3.63) is 18.2 Å². The molecule has 0 aromatic heterocycles. The number of anilines is 2. The molecule has 0 aliphatic carbocycles. The topological polar surface area (TPSA) is 90.9 Å². The predicted molar refractivity (Wildman–Crippen MR) is 92.3 cm³/mol. The van der Waals surface area contributed by atoms with Gasteiger partial charge in [-0.1, -0.05) is 6.92 Å². The summed E-state index contributed by atoms with van der Waals surface area (Å²) >= 11 is 0. The Morgan fingerprint density at radius 2 is 2.17 bits per heavy atom. The Labute approximate surface area is 142 Å². The Morgan fingerprint density at radius 3 is 2.83 bits per heavy atom. The van der Waals surface area contributed by atoms with Crippen molar-refractivity contribution in [2.24, 2.45) is 5.92 Å². The summed E-state index contributed by atoms with van der Waals surface area (Å²) in [6, 6.07) is 4.91. The fraction of sp³-hybridized carbons (Fsp3) is 0.529. The van der Waals surface area contributed by atoms with Crippen LogP contribution in [0.2, 0.25) is 0 Å². The number of nitrogens with one attached hydrogen (secondary N) is 2. The number of carbonyl (C=O) groups is 2. The second-order valence-corrected chi connectivity index (χ2v) is 5.88. The van der Waals surface area contributed by atoms with Crippen molar-refractivity contribution >= 4 is 23.3 Å². The number of rotatable bonds is 5. The number of benzene rings is 1. The lowest BCUT2D eigenvalue weighted by atomic mass is 9.99. The van der Waals surface area contributed by atoms with Crippen LogP contribution in [0.4, 0.5) is 16.2 Å². The van der Waals surface area contributed by atoms with Gasteiger partial charge < -0.3 is 25.4 Å². The Balaban J connectivity index is 2.07. The van der Waals surface area contributed by atoms with E-state index in [1.54, 1.807) is 30.0 Å². The number of aliphatic hydroxyl groups excluding tert-OH is 1. The molecule has 1 fully saturated rings. The molecule has 3 amide bonds. The van der Waals surface area contributed by atoms with E-state index in [4.69, 9.17) is 4.74 Å². The largest absolute Gasteiger partial charge is 0.495 e. The third-order valence-corrected chi connectivity index (χ3v) is 4.11. The van der Waals surface area contributed by atoms with E-state index in [-0.39, 0.29) is 24.5 Å². The van der Waals surface area contributed by atoms with Crippen molar-refractivity contribution in [1.29, 1.82) is 0 Å². The number of hydrogen-bond donors (Lipinski definition) is 3. The molecule has 7 nitrogen and oxygen atoms in total. The van der Waals surface area contributed by atoms with Crippen molar-refractivity contribution in [1.82, 2.24) is 4.90 Å². The maximum atomic E-state index is 12.4. The summed E-state index contributed by atoms with van der Waals surface area (Å²) in [5.41, 5.74) is 1.10. The fourth-order valence-electron chi connectivity index (χ4n) is 2.72. The molecule has 132 valence electrons. The lowest BCUT2D eigenvalue weighted by Crippen LogP contribution is -2.43. The average Bonchev–Trinajstić information content (AvgIpc) is 2.61. The van der Waals surface area contributed by atoms with E-state index in [2.05, 4.69) is 10.6 Å². The summed E-state index contributed by atoms with van der Waals surface area (Å²) in [6.07, 6.45) is 2.19. The normalized spacial score (nSPS) is 17.3. The van der Waals surface area contributed by atoms with Gasteiger partial charge in [-0.3, -0.25) is 4.79 Å². The van der Waals surface area contributed by atoms with Crippen LogP contribution < -0.4 is 15.4 Å². The molecule has 7 heteroatoms. The van der Waals surface area contributed by atoms with Gasteiger partial charge in [0.05, 0.1) is 12.8 Å². The molecule has 0 saturated carbocycles. The highest BCUT2D eigenvalue weighted by Gasteiger charge is 2.23. The maximum Gasteiger partial charge on any atom is 0.321 e. The highest BCUT2D eigenvalue weighted by atomic mass is 16.5. The minimum absolute atomic E-state index is 0.0967. The lowest BCUT2D eigenvalue weighted by Gasteiger charge is -2.31. The van der Waals surface area contributed by atoms with Gasteiger partial charge >= 0.3 is 6.03 Å². The number of urea groups is 1. The molecular formula is C17H25N3O4. The van der Waals surface area contributed by atoms with Crippen LogP contribution in [0, 0.1) is 5.92 Å². The van der Waals surface area contributed by atoms with Crippen molar-refractivity contribution < 1.29 is 19.4 Å². The summed E-state index contributed by atoms with van der Waals surface area (Å²) in [7, 11) is 1.53. The van der Waals surface area contributed by atoms with Crippen molar-refractivity contribution in [2.75, 3.05) is 37.4 Å². The smallest absolute Gasteiger partial charge is 0.321 e. The Bertz CT molecular complexity index is 591. The summed E-state index contributed by atoms with van der Waals surface area (Å²) in [5.74, 6) is 0.548. The Hall–Kier alpha value is -2.28. The van der Waals surface area contributed by atoms with Crippen LogP contribution in [0.5, 0.6) is 5.75 Å². The summed E-state index contributed by atoms with van der Waals surface area (Å²) in [6.45, 7) is 3.09. The third kappa shape index (κ3) is 4.61. The van der Waals surface area contributed by atoms with Gasteiger partial charge in [0, 0.05) is 31.8 Å². The Morgan fingerprint density at radius 1 is 1.38 bits per heavy atom. The van der Waals surface area contributed by atoms with Gasteiger partial charge in [0.25, 0.3) is 0 Å². The van der Waals surface area contributed by atoms with Gasteiger partial charge in [0.15, 0.2) is 0 Å². The number of hydrogen-bond acceptors (Lipinski definition) is 4. The second-order valence-electron chi connectivity index (χ2n) is 5.88. The number of ether oxygens (including phenoxy) is 1. The lowest BCUT2D eigenvalue weighted by molar-refractivity contribution is -0.115. The molecule has 0 bridgehead atoms. The van der Waals surface area contributed by atoms with E-state index in [9.17, 15) is 14.7 Å². The molecular weight excluding hydrogens is 310 g/mol. The summed E-state index contributed by atoms with van der Waals surface area (Å²) < 4.78 is 5.23. The van der Waals surface area contributed by atoms with Crippen molar-refractivity contribution in [2.45, 2.75) is 26.2 Å². The molecule has 1 aliphatic heterocycles. The van der Waals surface area contributed by atoms with Crippen LogP contribution in [0.1, 0.15) is 26.2 Å². The molecule has 2 rings (SSSR count). The van der Waals surface area contributed by atoms with Gasteiger partial charge in [0.2, 0.25) is 5.91 Å². The molecule has 1 saturated heterocycles. The number of aliphatic hydroxyl groups is 1. The van der Waals surface area contributed by atoms with Crippen LogP contribution in [0.25, 0.3) is 0 Å². The minimum Gasteiger partial charge on any atom is -0.495 e. The van der Waals surface area contributed by atoms with E-state index >= 15 is 0 Å². The number of methoxy groups -OCH3 is 1. The fourth-order valence-corrected chi connectivity index (χ4v) is 2.72. The molecule has 1 aliphatic rings. The zero-order chi connectivity index (χ0) is 17.5. The summed E-state index contributed by atoms with van der Waals surface area (Å²) in [5, 5.41) is 14.9. The van der Waals surface area contributed by atoms with Gasteiger partial charge in [-0.2, -0.15) is 0 Å². The third-order valence-electron chi connectivity index (χ3n) is 4.11. The second kappa shape index (κ2) is 8.54. The number of carbonyl (C=O) groups excluding carboxylic acids is 2. The van der Waals surface area contributed by atoms with Crippen LogP contribution in [-0.2, 0) is 4.79 Å². The monoisotopic (exact) mass is 335 g/mol. The first-order chi connectivity index (χ1) is 11.6. The van der Waals surface area contributed by atoms with Gasteiger partial charge in [-0.25, -0.2) is 4.79 Å². The molecule has 1 aromatic rings. The SMILES string of the molecule is CCC(=O)Nc1cc(NC(=O)N2CCCC(CO)C2)ccc1OC. The number of likely N-dealkylation sites (tertiary alicyclic amines) is 1. The van der Waals surface area contributed by atoms with Crippen LogP contribution in [-0.4, -0.2) is 48.8 Å². The van der Waals surface area contributed by atoms with Crippen LogP contribution >= 0.6 is 0 Å². The Kier molecular flexibility index (Phi) is 6.43. The van der Waals surface area contributed by atoms with Gasteiger partial charge in [0.1, 0.15) is 5.75 Å². The zero-order valence-corrected chi connectivity index (χ0v) is 14.2. The summed E-state index contributed by atoms with van der Waals surface area (Å²) in [4.78, 5) is 25.7. The van der Waals surface area contributed by atoms with Crippen LogP contribution in [0.15, 0.2) is 18.2 Å². The average molecular weight is 335 g/mol. The van der Waals surface area contributed by atoms with E-state index in [1.807, 2.05) is 0 Å². The van der Waals surface area contributed by atoms with E-state index in [0.717, 1.165) is 12.8 Å². The number of nitrogens with zero attached hydrogens (tertiary/aromatic N) is 1. The molecule has 1 heterocycles. The number of amides is 3. The van der Waals surface area contributed by atoms with E-state index in [0.29, 0.717) is 36.6 Å². The standard InChI is InChI=1S/C17H25N3O4/c1-3-16(22)19-14-9-13(6-7-15(14)24-2)18-17(23)20-8-4-5-12(10-20)11-21/h6-7,9,12,21H,3-5,8,10-11H2,1-2H3,(H,18,23)(H,19,22). The predicted octanol–water partition coefficient (Wildman–Crippen LogP) is 2.28. The molecule has 1 aromatic carbocycles. The van der Waals surface area contributed by atoms with E-state index in [1.165, 1.54) is 7.11 Å². The van der Waals surface area contributed by atoms with Crippen molar-refractivity contribution in [3.63, 3.8) is 0 Å². The van der Waals surface area contributed by atoms with Crippen LogP contribution in [0.3, 0.4) is 0 Å². The molecule has 1 unspecified atom stereocenters. The van der Waals surface area contributed by atoms with Crippen molar-refractivity contribution in [3.8, 4) is 5.75 Å². The molecule has 0 spiro atoms. The maximum absolute atomic E-state index is 12.4.